The number of nitrogens with one attached hydrogen (secondary N) is 2. The van der Waals surface area contributed by atoms with Gasteiger partial charge in [0.1, 0.15) is 0 Å². The van der Waals surface area contributed by atoms with E-state index in [1.54, 1.807) is 11.8 Å². The highest BCUT2D eigenvalue weighted by Gasteiger charge is 2.29. The molecule has 0 aliphatic carbocycles. The van der Waals surface area contributed by atoms with Crippen LogP contribution in [-0.4, -0.2) is 51.5 Å². The zero-order valence-corrected chi connectivity index (χ0v) is 15.8. The fraction of sp³-hybridized carbons (Fsp3) is 0.400. The summed E-state index contributed by atoms with van der Waals surface area (Å²) >= 11 is 0. The molecule has 1 unspecified atom stereocenters. The monoisotopic (exact) mass is 381 g/mol. The van der Waals surface area contributed by atoms with E-state index in [9.17, 15) is 9.59 Å². The maximum absolute atomic E-state index is 12.5. The average Bonchev–Trinajstić information content (AvgIpc) is 3.33. The second-order valence-corrected chi connectivity index (χ2v) is 7.14. The van der Waals surface area contributed by atoms with Gasteiger partial charge in [-0.15, -0.1) is 0 Å². The molecule has 0 radical (unpaired) electrons. The highest BCUT2D eigenvalue weighted by atomic mass is 16.5. The van der Waals surface area contributed by atoms with E-state index in [0.717, 1.165) is 29.4 Å². The Bertz CT molecular complexity index is 960. The van der Waals surface area contributed by atoms with Crippen molar-refractivity contribution in [1.29, 1.82) is 0 Å². The normalized spacial score (nSPS) is 17.0. The average molecular weight is 381 g/mol. The Morgan fingerprint density at radius 2 is 2.21 bits per heavy atom. The molecule has 0 spiro atoms. The number of likely N-dealkylation sites (tertiary alicyclic amines) is 1. The minimum absolute atomic E-state index is 0.208. The Morgan fingerprint density at radius 1 is 1.36 bits per heavy atom. The lowest BCUT2D eigenvalue weighted by Crippen LogP contribution is -2.47. The van der Waals surface area contributed by atoms with Crippen LogP contribution in [0, 0.1) is 6.92 Å². The molecule has 28 heavy (non-hydrogen) atoms. The second-order valence-electron chi connectivity index (χ2n) is 7.14. The van der Waals surface area contributed by atoms with Crippen molar-refractivity contribution in [3.8, 4) is 0 Å². The molecule has 1 aromatic carbocycles. The van der Waals surface area contributed by atoms with Crippen LogP contribution in [0.15, 0.2) is 34.9 Å². The Kier molecular flexibility index (Phi) is 5.10. The van der Waals surface area contributed by atoms with E-state index in [1.165, 1.54) is 0 Å². The molecule has 4 rings (SSSR count). The van der Waals surface area contributed by atoms with Gasteiger partial charge < -0.3 is 19.7 Å². The number of carbonyl (C=O) groups excluding carboxylic acids is 2. The van der Waals surface area contributed by atoms with Gasteiger partial charge in [-0.2, -0.15) is 4.98 Å². The van der Waals surface area contributed by atoms with Crippen molar-refractivity contribution in [2.45, 2.75) is 32.1 Å². The summed E-state index contributed by atoms with van der Waals surface area (Å²) in [5.74, 6) is 0.131. The standard InChI is InChI=1S/C20H23N5O3/c1-13-22-18(28-24-13)8-9-21-19(26)20(27)25-10-4-6-15(12-25)17-11-14-5-2-3-7-16(14)23-17/h2-3,5,7,11,15,23H,4,6,8-10,12H2,1H3,(H,21,26). The lowest BCUT2D eigenvalue weighted by atomic mass is 9.94. The predicted molar refractivity (Wildman–Crippen MR) is 103 cm³/mol. The van der Waals surface area contributed by atoms with Crippen molar-refractivity contribution in [3.63, 3.8) is 0 Å². The van der Waals surface area contributed by atoms with Gasteiger partial charge in [-0.1, -0.05) is 23.4 Å². The van der Waals surface area contributed by atoms with E-state index in [4.69, 9.17) is 4.52 Å². The number of aromatic amines is 1. The van der Waals surface area contributed by atoms with Crippen LogP contribution in [-0.2, 0) is 16.0 Å². The Morgan fingerprint density at radius 3 is 3.00 bits per heavy atom. The van der Waals surface area contributed by atoms with Crippen LogP contribution in [0.4, 0.5) is 0 Å². The number of para-hydroxylation sites is 1. The fourth-order valence-corrected chi connectivity index (χ4v) is 3.67. The number of amides is 2. The molecule has 3 heterocycles. The summed E-state index contributed by atoms with van der Waals surface area (Å²) in [4.78, 5) is 34.0. The third kappa shape index (κ3) is 3.90. The summed E-state index contributed by atoms with van der Waals surface area (Å²) in [7, 11) is 0. The summed E-state index contributed by atoms with van der Waals surface area (Å²) < 4.78 is 5.00. The molecule has 146 valence electrons. The van der Waals surface area contributed by atoms with E-state index in [-0.39, 0.29) is 12.5 Å². The van der Waals surface area contributed by atoms with Gasteiger partial charge in [0.15, 0.2) is 5.82 Å². The largest absolute Gasteiger partial charge is 0.358 e. The number of aromatic nitrogens is 3. The molecule has 0 saturated carbocycles. The first-order valence-corrected chi connectivity index (χ1v) is 9.54. The first kappa shape index (κ1) is 18.2. The number of nitrogens with zero attached hydrogens (tertiary/aromatic N) is 3. The molecular weight excluding hydrogens is 358 g/mol. The zero-order chi connectivity index (χ0) is 19.5. The minimum Gasteiger partial charge on any atom is -0.358 e. The molecule has 1 aliphatic heterocycles. The SMILES string of the molecule is Cc1noc(CCNC(=O)C(=O)N2CCCC(c3cc4ccccc4[nH]3)C2)n1. The summed E-state index contributed by atoms with van der Waals surface area (Å²) in [6, 6.07) is 10.3. The van der Waals surface area contributed by atoms with Gasteiger partial charge in [0.05, 0.1) is 0 Å². The number of aryl methyl sites for hydroxylation is 1. The fourth-order valence-electron chi connectivity index (χ4n) is 3.67. The molecule has 1 fully saturated rings. The van der Waals surface area contributed by atoms with Crippen LogP contribution in [0.3, 0.4) is 0 Å². The smallest absolute Gasteiger partial charge is 0.311 e. The molecule has 2 N–H and O–H groups in total. The number of benzene rings is 1. The number of carbonyl (C=O) groups is 2. The van der Waals surface area contributed by atoms with Crippen LogP contribution in [0.1, 0.15) is 36.2 Å². The molecule has 2 amide bonds. The molecule has 2 aromatic heterocycles. The van der Waals surface area contributed by atoms with Crippen LogP contribution in [0.2, 0.25) is 0 Å². The number of hydrogen-bond donors (Lipinski definition) is 2. The molecule has 8 heteroatoms. The first-order chi connectivity index (χ1) is 13.6. The number of fused-ring (bicyclic) bond motifs is 1. The third-order valence-electron chi connectivity index (χ3n) is 5.09. The van der Waals surface area contributed by atoms with Gasteiger partial charge >= 0.3 is 11.8 Å². The van der Waals surface area contributed by atoms with E-state index < -0.39 is 11.8 Å². The van der Waals surface area contributed by atoms with Crippen LogP contribution in [0.25, 0.3) is 10.9 Å². The summed E-state index contributed by atoms with van der Waals surface area (Å²) in [6.07, 6.45) is 2.27. The Hall–Kier alpha value is -3.16. The number of rotatable bonds is 4. The van der Waals surface area contributed by atoms with Crippen LogP contribution >= 0.6 is 0 Å². The van der Waals surface area contributed by atoms with Crippen molar-refractivity contribution in [3.05, 3.63) is 47.7 Å². The summed E-state index contributed by atoms with van der Waals surface area (Å²) in [5, 5.41) is 7.51. The Labute approximate surface area is 162 Å². The number of hydrogen-bond acceptors (Lipinski definition) is 5. The van der Waals surface area contributed by atoms with E-state index in [0.29, 0.717) is 31.2 Å². The van der Waals surface area contributed by atoms with Gasteiger partial charge in [-0.25, -0.2) is 0 Å². The second kappa shape index (κ2) is 7.84. The van der Waals surface area contributed by atoms with Crippen LogP contribution in [0.5, 0.6) is 0 Å². The molecule has 1 saturated heterocycles. The molecule has 1 aliphatic rings. The van der Waals surface area contributed by atoms with E-state index >= 15 is 0 Å². The highest BCUT2D eigenvalue weighted by molar-refractivity contribution is 6.35. The molecule has 3 aromatic rings. The van der Waals surface area contributed by atoms with Gasteiger partial charge in [0.2, 0.25) is 5.89 Å². The van der Waals surface area contributed by atoms with E-state index in [1.807, 2.05) is 18.2 Å². The molecule has 8 nitrogen and oxygen atoms in total. The lowest BCUT2D eigenvalue weighted by Gasteiger charge is -2.31. The quantitative estimate of drug-likeness (QED) is 0.672. The van der Waals surface area contributed by atoms with Crippen LogP contribution < -0.4 is 5.32 Å². The van der Waals surface area contributed by atoms with Gasteiger partial charge in [-0.05, 0) is 37.3 Å². The third-order valence-corrected chi connectivity index (χ3v) is 5.09. The predicted octanol–water partition coefficient (Wildman–Crippen LogP) is 1.92. The molecular formula is C20H23N5O3. The Balaban J connectivity index is 1.34. The molecule has 0 bridgehead atoms. The van der Waals surface area contributed by atoms with Gasteiger partial charge in [-0.3, -0.25) is 9.59 Å². The van der Waals surface area contributed by atoms with Gasteiger partial charge in [0, 0.05) is 43.2 Å². The van der Waals surface area contributed by atoms with Crippen molar-refractivity contribution >= 4 is 22.7 Å². The number of piperidine rings is 1. The van der Waals surface area contributed by atoms with Crippen molar-refractivity contribution in [2.75, 3.05) is 19.6 Å². The number of H-pyrrole nitrogens is 1. The summed E-state index contributed by atoms with van der Waals surface area (Å²) in [6.45, 7) is 3.16. The topological polar surface area (TPSA) is 104 Å². The van der Waals surface area contributed by atoms with Gasteiger partial charge in [0.25, 0.3) is 0 Å². The maximum Gasteiger partial charge on any atom is 0.311 e. The van der Waals surface area contributed by atoms with Crippen molar-refractivity contribution in [1.82, 2.24) is 25.3 Å². The van der Waals surface area contributed by atoms with Crippen molar-refractivity contribution < 1.29 is 14.1 Å². The first-order valence-electron chi connectivity index (χ1n) is 9.54. The summed E-state index contributed by atoms with van der Waals surface area (Å²) in [5.41, 5.74) is 2.21. The maximum atomic E-state index is 12.5. The molecule has 1 atom stereocenters. The minimum atomic E-state index is -0.589. The van der Waals surface area contributed by atoms with E-state index in [2.05, 4.69) is 32.6 Å². The highest BCUT2D eigenvalue weighted by Crippen LogP contribution is 2.29. The zero-order valence-electron chi connectivity index (χ0n) is 15.8. The van der Waals surface area contributed by atoms with Crippen molar-refractivity contribution in [2.24, 2.45) is 0 Å². The lowest BCUT2D eigenvalue weighted by molar-refractivity contribution is -0.146.